The highest BCUT2D eigenvalue weighted by atomic mass is 16.7. The predicted octanol–water partition coefficient (Wildman–Crippen LogP) is 1.89. The molecule has 0 bridgehead atoms. The van der Waals surface area contributed by atoms with Gasteiger partial charge in [-0.1, -0.05) is 5.98 Å². The molecule has 0 amide bonds. The van der Waals surface area contributed by atoms with Crippen LogP contribution in [0.2, 0.25) is 0 Å². The van der Waals surface area contributed by atoms with E-state index in [0.29, 0.717) is 11.4 Å². The van der Waals surface area contributed by atoms with E-state index in [2.05, 4.69) is 4.98 Å². The Kier molecular flexibility index (Phi) is 3.32. The molecular formula is C13H20BN3O2. The normalized spacial score (nSPS) is 21.2. The van der Waals surface area contributed by atoms with E-state index < -0.39 is 0 Å². The molecule has 2 rings (SSSR count). The van der Waals surface area contributed by atoms with Gasteiger partial charge in [-0.15, -0.1) is 0 Å². The van der Waals surface area contributed by atoms with Crippen LogP contribution < -0.4 is 11.5 Å². The number of hydrogen-bond donors (Lipinski definition) is 2. The summed E-state index contributed by atoms with van der Waals surface area (Å²) in [7, 11) is -0.384. The third-order valence-corrected chi connectivity index (χ3v) is 3.69. The minimum Gasteiger partial charge on any atom is -0.400 e. The van der Waals surface area contributed by atoms with Gasteiger partial charge >= 0.3 is 7.12 Å². The van der Waals surface area contributed by atoms with Crippen LogP contribution in [0.5, 0.6) is 0 Å². The van der Waals surface area contributed by atoms with E-state index in [1.54, 1.807) is 12.3 Å². The average molecular weight is 261 g/mol. The van der Waals surface area contributed by atoms with Crippen LogP contribution in [0.1, 0.15) is 33.4 Å². The molecule has 0 aliphatic carbocycles. The molecule has 1 aromatic rings. The average Bonchev–Trinajstić information content (AvgIpc) is 2.49. The molecule has 102 valence electrons. The Morgan fingerprint density at radius 3 is 2.21 bits per heavy atom. The number of nitrogen functional groups attached to an aromatic ring is 2. The third-order valence-electron chi connectivity index (χ3n) is 3.69. The molecule has 4 N–H and O–H groups in total. The molecule has 0 radical (unpaired) electrons. The van der Waals surface area contributed by atoms with Crippen LogP contribution in [0.15, 0.2) is 18.2 Å². The Hall–Kier alpha value is -1.53. The summed E-state index contributed by atoms with van der Waals surface area (Å²) in [6, 6.07) is 1.72. The van der Waals surface area contributed by atoms with Gasteiger partial charge in [-0.3, -0.25) is 4.98 Å². The van der Waals surface area contributed by atoms with Crippen LogP contribution in [-0.4, -0.2) is 23.3 Å². The van der Waals surface area contributed by atoms with Gasteiger partial charge < -0.3 is 20.8 Å². The molecule has 19 heavy (non-hydrogen) atoms. The van der Waals surface area contributed by atoms with E-state index in [0.717, 1.165) is 5.69 Å². The summed E-state index contributed by atoms with van der Waals surface area (Å²) in [6.07, 6.45) is 3.36. The molecule has 6 heteroatoms. The minimum absolute atomic E-state index is 0.338. The van der Waals surface area contributed by atoms with E-state index in [-0.39, 0.29) is 18.3 Å². The lowest BCUT2D eigenvalue weighted by molar-refractivity contribution is 0.00578. The first-order chi connectivity index (χ1) is 8.71. The van der Waals surface area contributed by atoms with Gasteiger partial charge in [-0.05, 0) is 39.8 Å². The van der Waals surface area contributed by atoms with Crippen molar-refractivity contribution in [3.63, 3.8) is 0 Å². The van der Waals surface area contributed by atoms with Gasteiger partial charge in [0.15, 0.2) is 0 Å². The SMILES string of the molecule is CC1(C)OB(/C=C/c2cc(N)c(N)cn2)OC1(C)C. The van der Waals surface area contributed by atoms with Crippen molar-refractivity contribution >= 4 is 24.6 Å². The number of hydrogen-bond acceptors (Lipinski definition) is 5. The first-order valence-electron chi connectivity index (χ1n) is 6.26. The van der Waals surface area contributed by atoms with Crippen molar-refractivity contribution in [2.24, 2.45) is 0 Å². The lowest BCUT2D eigenvalue weighted by atomic mass is 9.89. The van der Waals surface area contributed by atoms with E-state index in [1.165, 1.54) is 0 Å². The molecule has 0 unspecified atom stereocenters. The third kappa shape index (κ3) is 2.74. The first kappa shape index (κ1) is 13.9. The summed E-state index contributed by atoms with van der Waals surface area (Å²) in [5.74, 6) is 1.83. The molecule has 0 atom stereocenters. The lowest BCUT2D eigenvalue weighted by Crippen LogP contribution is -2.41. The quantitative estimate of drug-likeness (QED) is 0.794. The zero-order valence-electron chi connectivity index (χ0n) is 11.8. The second kappa shape index (κ2) is 4.54. The largest absolute Gasteiger partial charge is 0.487 e. The fourth-order valence-corrected chi connectivity index (χ4v) is 1.73. The molecule has 5 nitrogen and oxygen atoms in total. The van der Waals surface area contributed by atoms with Crippen molar-refractivity contribution < 1.29 is 9.31 Å². The van der Waals surface area contributed by atoms with Gasteiger partial charge in [0.1, 0.15) is 0 Å². The Labute approximate surface area is 114 Å². The standard InChI is InChI=1S/C13H20BN3O2/c1-12(2)13(3,4)19-14(18-12)6-5-9-7-10(15)11(16)8-17-9/h5-8H,16H2,1-4H3,(H2,15,17)/b6-5+. The monoisotopic (exact) mass is 261 g/mol. The number of anilines is 2. The zero-order valence-corrected chi connectivity index (χ0v) is 11.8. The Morgan fingerprint density at radius 2 is 1.68 bits per heavy atom. The van der Waals surface area contributed by atoms with Crippen LogP contribution in [0, 0.1) is 0 Å². The van der Waals surface area contributed by atoms with Gasteiger partial charge in [0.2, 0.25) is 0 Å². The van der Waals surface area contributed by atoms with Crippen LogP contribution in [0.25, 0.3) is 6.08 Å². The van der Waals surface area contributed by atoms with E-state index in [4.69, 9.17) is 20.8 Å². The Balaban J connectivity index is 2.10. The van der Waals surface area contributed by atoms with Crippen LogP contribution >= 0.6 is 0 Å². The van der Waals surface area contributed by atoms with Crippen molar-refractivity contribution in [3.05, 3.63) is 23.9 Å². The molecule has 1 fully saturated rings. The van der Waals surface area contributed by atoms with Crippen molar-refractivity contribution in [1.29, 1.82) is 0 Å². The van der Waals surface area contributed by atoms with Gasteiger partial charge in [0.25, 0.3) is 0 Å². The Bertz CT molecular complexity index is 499. The van der Waals surface area contributed by atoms with Gasteiger partial charge in [0, 0.05) is 0 Å². The van der Waals surface area contributed by atoms with Gasteiger partial charge in [0.05, 0.1) is 34.5 Å². The summed E-state index contributed by atoms with van der Waals surface area (Å²) < 4.78 is 11.7. The predicted molar refractivity (Wildman–Crippen MR) is 78.2 cm³/mol. The highest BCUT2D eigenvalue weighted by Gasteiger charge is 2.49. The maximum absolute atomic E-state index is 5.85. The summed E-state index contributed by atoms with van der Waals surface area (Å²) in [4.78, 5) is 4.17. The number of pyridine rings is 1. The second-order valence-electron chi connectivity index (χ2n) is 5.72. The molecule has 0 aromatic carbocycles. The summed E-state index contributed by atoms with van der Waals surface area (Å²) in [5, 5.41) is 0. The van der Waals surface area contributed by atoms with E-state index >= 15 is 0 Å². The maximum atomic E-state index is 5.85. The van der Waals surface area contributed by atoms with Crippen LogP contribution in [0.3, 0.4) is 0 Å². The molecule has 1 aliphatic rings. The molecule has 1 aliphatic heterocycles. The molecule has 1 aromatic heterocycles. The first-order valence-corrected chi connectivity index (χ1v) is 6.26. The molecule has 1 saturated heterocycles. The second-order valence-corrected chi connectivity index (χ2v) is 5.72. The minimum atomic E-state index is -0.384. The maximum Gasteiger partial charge on any atom is 0.487 e. The summed E-state index contributed by atoms with van der Waals surface area (Å²) in [5.41, 5.74) is 12.4. The smallest absolute Gasteiger partial charge is 0.400 e. The van der Waals surface area contributed by atoms with Crippen molar-refractivity contribution in [1.82, 2.24) is 4.98 Å². The highest BCUT2D eigenvalue weighted by Crippen LogP contribution is 2.37. The Morgan fingerprint density at radius 1 is 1.11 bits per heavy atom. The van der Waals surface area contributed by atoms with Gasteiger partial charge in [-0.2, -0.15) is 0 Å². The topological polar surface area (TPSA) is 83.4 Å². The number of aromatic nitrogens is 1. The number of nitrogens with two attached hydrogens (primary N) is 2. The van der Waals surface area contributed by atoms with E-state index in [9.17, 15) is 0 Å². The molecule has 0 saturated carbocycles. The van der Waals surface area contributed by atoms with Gasteiger partial charge in [-0.25, -0.2) is 0 Å². The molecule has 0 spiro atoms. The van der Waals surface area contributed by atoms with Crippen molar-refractivity contribution in [3.8, 4) is 0 Å². The highest BCUT2D eigenvalue weighted by molar-refractivity contribution is 6.52. The summed E-state index contributed by atoms with van der Waals surface area (Å²) in [6.45, 7) is 8.06. The zero-order chi connectivity index (χ0) is 14.3. The molecule has 2 heterocycles. The van der Waals surface area contributed by atoms with Crippen LogP contribution in [0.4, 0.5) is 11.4 Å². The van der Waals surface area contributed by atoms with Crippen molar-refractivity contribution in [2.45, 2.75) is 38.9 Å². The van der Waals surface area contributed by atoms with E-state index in [1.807, 2.05) is 39.7 Å². The number of rotatable bonds is 2. The fourth-order valence-electron chi connectivity index (χ4n) is 1.73. The molecular weight excluding hydrogens is 241 g/mol. The van der Waals surface area contributed by atoms with Crippen LogP contribution in [-0.2, 0) is 9.31 Å². The fraction of sp³-hybridized carbons (Fsp3) is 0.462. The van der Waals surface area contributed by atoms with Crippen molar-refractivity contribution in [2.75, 3.05) is 11.5 Å². The lowest BCUT2D eigenvalue weighted by Gasteiger charge is -2.32. The number of nitrogens with zero attached hydrogens (tertiary/aromatic N) is 1. The summed E-state index contributed by atoms with van der Waals surface area (Å²) >= 11 is 0.